The Balaban J connectivity index is 1.59. The number of rotatable bonds is 5. The number of benzene rings is 2. The molecule has 138 valence electrons. The number of hydrogen-bond acceptors (Lipinski definition) is 7. The minimum absolute atomic E-state index is 0.0130. The first-order chi connectivity index (χ1) is 12.6. The number of nitrogens with two attached hydrogens (primary N) is 1. The van der Waals surface area contributed by atoms with Crippen LogP contribution >= 0.6 is 0 Å². The summed E-state index contributed by atoms with van der Waals surface area (Å²) in [7, 11) is 0. The Morgan fingerprint density at radius 1 is 0.885 bits per heavy atom. The van der Waals surface area contributed by atoms with Crippen molar-refractivity contribution in [3.8, 4) is 0 Å². The number of amidine groups is 1. The second kappa shape index (κ2) is 8.15. The zero-order valence-corrected chi connectivity index (χ0v) is 14.4. The van der Waals surface area contributed by atoms with Gasteiger partial charge in [0, 0.05) is 43.1 Å². The highest BCUT2D eigenvalue weighted by Gasteiger charge is 2.18. The molecule has 1 heterocycles. The lowest BCUT2D eigenvalue weighted by molar-refractivity contribution is 0.128. The summed E-state index contributed by atoms with van der Waals surface area (Å²) in [5.74, 6) is -0.0130. The largest absolute Gasteiger partial charge is 0.368 e. The molecule has 0 spiro atoms. The van der Waals surface area contributed by atoms with Gasteiger partial charge in [-0.15, -0.1) is 0 Å². The Labute approximate surface area is 152 Å². The Morgan fingerprint density at radius 2 is 1.35 bits per heavy atom. The second-order valence-corrected chi connectivity index (χ2v) is 6.21. The van der Waals surface area contributed by atoms with Crippen LogP contribution < -0.4 is 26.5 Å². The maximum absolute atomic E-state index is 8.89. The van der Waals surface area contributed by atoms with Crippen LogP contribution in [0, 0.1) is 5.41 Å². The van der Waals surface area contributed by atoms with Gasteiger partial charge in [-0.05, 0) is 42.0 Å². The first kappa shape index (κ1) is 18.2. The standard InChI is InChI=1S/C18H24N6O2/c19-17(21-25)13-1-5-15(6-2-13)23-9-11-24(12-10-23)16-7-3-14(4-8-16)18(20)22-26/h1-8,17,21,25-26H,9-12,19H2,(H2,20,22). The van der Waals surface area contributed by atoms with Gasteiger partial charge in [-0.2, -0.15) is 5.48 Å². The third-order valence-corrected chi connectivity index (χ3v) is 4.67. The first-order valence-corrected chi connectivity index (χ1v) is 8.46. The molecule has 0 bridgehead atoms. The van der Waals surface area contributed by atoms with Gasteiger partial charge in [-0.25, -0.2) is 0 Å². The van der Waals surface area contributed by atoms with Gasteiger partial charge in [0.25, 0.3) is 0 Å². The molecule has 0 amide bonds. The van der Waals surface area contributed by atoms with E-state index in [4.69, 9.17) is 21.6 Å². The van der Waals surface area contributed by atoms with Crippen LogP contribution in [-0.2, 0) is 0 Å². The molecule has 8 nitrogen and oxygen atoms in total. The van der Waals surface area contributed by atoms with E-state index in [0.29, 0.717) is 5.56 Å². The molecule has 3 rings (SSSR count). The molecule has 0 saturated carbocycles. The molecule has 0 radical (unpaired) electrons. The Morgan fingerprint density at radius 3 is 1.77 bits per heavy atom. The van der Waals surface area contributed by atoms with Crippen molar-refractivity contribution in [2.24, 2.45) is 5.73 Å². The number of nitrogens with zero attached hydrogens (tertiary/aromatic N) is 2. The van der Waals surface area contributed by atoms with Crippen LogP contribution in [0.5, 0.6) is 0 Å². The van der Waals surface area contributed by atoms with Gasteiger partial charge in [0.2, 0.25) is 0 Å². The van der Waals surface area contributed by atoms with E-state index >= 15 is 0 Å². The molecule has 1 saturated heterocycles. The van der Waals surface area contributed by atoms with Gasteiger partial charge < -0.3 is 20.7 Å². The number of piperazine rings is 1. The van der Waals surface area contributed by atoms with Gasteiger partial charge in [-0.3, -0.25) is 16.1 Å². The minimum atomic E-state index is -0.577. The van der Waals surface area contributed by atoms with Gasteiger partial charge in [0.1, 0.15) is 12.0 Å². The van der Waals surface area contributed by atoms with Crippen molar-refractivity contribution in [3.63, 3.8) is 0 Å². The lowest BCUT2D eigenvalue weighted by atomic mass is 10.1. The van der Waals surface area contributed by atoms with E-state index in [0.717, 1.165) is 43.1 Å². The van der Waals surface area contributed by atoms with Crippen LogP contribution in [0.2, 0.25) is 0 Å². The average Bonchev–Trinajstić information content (AvgIpc) is 2.73. The van der Waals surface area contributed by atoms with Crippen LogP contribution in [0.25, 0.3) is 0 Å². The van der Waals surface area contributed by atoms with Crippen LogP contribution in [0.4, 0.5) is 11.4 Å². The van der Waals surface area contributed by atoms with Crippen molar-refractivity contribution in [3.05, 3.63) is 59.7 Å². The summed E-state index contributed by atoms with van der Waals surface area (Å²) in [5, 5.41) is 25.2. The molecule has 2 aromatic rings. The van der Waals surface area contributed by atoms with Gasteiger partial charge in [-0.1, -0.05) is 12.1 Å². The maximum atomic E-state index is 8.89. The summed E-state index contributed by atoms with van der Waals surface area (Å²) in [4.78, 5) is 4.62. The van der Waals surface area contributed by atoms with Crippen LogP contribution in [0.15, 0.2) is 48.5 Å². The lowest BCUT2D eigenvalue weighted by Gasteiger charge is -2.37. The molecule has 1 aliphatic rings. The third-order valence-electron chi connectivity index (χ3n) is 4.67. The maximum Gasteiger partial charge on any atom is 0.149 e. The molecule has 2 aromatic carbocycles. The molecular formula is C18H24N6O2. The molecule has 7 N–H and O–H groups in total. The van der Waals surface area contributed by atoms with E-state index in [9.17, 15) is 0 Å². The summed E-state index contributed by atoms with van der Waals surface area (Å²) in [6.45, 7) is 3.60. The molecule has 0 aliphatic carbocycles. The Kier molecular flexibility index (Phi) is 5.69. The highest BCUT2D eigenvalue weighted by atomic mass is 16.5. The highest BCUT2D eigenvalue weighted by molar-refractivity contribution is 5.95. The van der Waals surface area contributed by atoms with Crippen LogP contribution in [0.3, 0.4) is 0 Å². The summed E-state index contributed by atoms with van der Waals surface area (Å²) in [6.07, 6.45) is -0.577. The molecular weight excluding hydrogens is 332 g/mol. The van der Waals surface area contributed by atoms with Gasteiger partial charge in [0.05, 0.1) is 0 Å². The average molecular weight is 356 g/mol. The van der Waals surface area contributed by atoms with Gasteiger partial charge in [0.15, 0.2) is 0 Å². The van der Waals surface area contributed by atoms with E-state index in [2.05, 4.69) is 9.80 Å². The van der Waals surface area contributed by atoms with Crippen molar-refractivity contribution in [1.29, 1.82) is 5.41 Å². The predicted octanol–water partition coefficient (Wildman–Crippen LogP) is 1.25. The summed E-state index contributed by atoms with van der Waals surface area (Å²) in [5.41, 5.74) is 13.3. The molecule has 8 heteroatoms. The highest BCUT2D eigenvalue weighted by Crippen LogP contribution is 2.22. The molecule has 26 heavy (non-hydrogen) atoms. The monoisotopic (exact) mass is 356 g/mol. The summed E-state index contributed by atoms with van der Waals surface area (Å²) >= 11 is 0. The quantitative estimate of drug-likeness (QED) is 0.206. The van der Waals surface area contributed by atoms with Crippen molar-refractivity contribution in [2.75, 3.05) is 36.0 Å². The van der Waals surface area contributed by atoms with E-state index in [1.807, 2.05) is 59.5 Å². The fourth-order valence-corrected chi connectivity index (χ4v) is 3.09. The lowest BCUT2D eigenvalue weighted by Crippen LogP contribution is -2.46. The molecule has 1 atom stereocenters. The SMILES string of the molecule is N=C(NO)c1ccc(N2CCN(c3ccc(C(N)NO)cc3)CC2)cc1. The topological polar surface area (TPSA) is 121 Å². The zero-order chi connectivity index (χ0) is 18.5. The van der Waals surface area contributed by atoms with E-state index < -0.39 is 6.17 Å². The van der Waals surface area contributed by atoms with Crippen molar-refractivity contribution in [1.82, 2.24) is 11.0 Å². The fourth-order valence-electron chi connectivity index (χ4n) is 3.09. The number of hydrogen-bond donors (Lipinski definition) is 6. The molecule has 1 fully saturated rings. The fraction of sp³-hybridized carbons (Fsp3) is 0.278. The Hall–Kier alpha value is -2.65. The normalized spacial score (nSPS) is 15.7. The van der Waals surface area contributed by atoms with E-state index in [1.165, 1.54) is 0 Å². The second-order valence-electron chi connectivity index (χ2n) is 6.21. The minimum Gasteiger partial charge on any atom is -0.368 e. The molecule has 0 aromatic heterocycles. The van der Waals surface area contributed by atoms with Crippen molar-refractivity contribution >= 4 is 17.2 Å². The summed E-state index contributed by atoms with van der Waals surface area (Å²) in [6, 6.07) is 15.4. The summed E-state index contributed by atoms with van der Waals surface area (Å²) < 4.78 is 0. The number of anilines is 2. The van der Waals surface area contributed by atoms with Gasteiger partial charge >= 0.3 is 0 Å². The third kappa shape index (κ3) is 3.94. The van der Waals surface area contributed by atoms with E-state index in [1.54, 1.807) is 0 Å². The first-order valence-electron chi connectivity index (χ1n) is 8.46. The molecule has 1 unspecified atom stereocenters. The van der Waals surface area contributed by atoms with Crippen molar-refractivity contribution < 1.29 is 10.4 Å². The van der Waals surface area contributed by atoms with Crippen LogP contribution in [-0.4, -0.2) is 42.4 Å². The predicted molar refractivity (Wildman–Crippen MR) is 101 cm³/mol. The number of nitrogens with one attached hydrogen (secondary N) is 3. The Bertz CT molecular complexity index is 726. The molecule has 1 aliphatic heterocycles. The smallest absolute Gasteiger partial charge is 0.149 e. The van der Waals surface area contributed by atoms with Crippen LogP contribution in [0.1, 0.15) is 17.3 Å². The zero-order valence-electron chi connectivity index (χ0n) is 14.4. The number of hydroxylamine groups is 2. The van der Waals surface area contributed by atoms with E-state index in [-0.39, 0.29) is 5.84 Å². The van der Waals surface area contributed by atoms with Crippen molar-refractivity contribution in [2.45, 2.75) is 6.17 Å².